The summed E-state index contributed by atoms with van der Waals surface area (Å²) in [4.78, 5) is 29.9. The summed E-state index contributed by atoms with van der Waals surface area (Å²) < 4.78 is 27.9. The van der Waals surface area contributed by atoms with Gasteiger partial charge in [0.15, 0.2) is 0 Å². The first-order chi connectivity index (χ1) is 16.4. The maximum absolute atomic E-state index is 13.3. The van der Waals surface area contributed by atoms with Crippen LogP contribution in [0.3, 0.4) is 0 Å². The zero-order valence-corrected chi connectivity index (χ0v) is 19.7. The molecule has 0 atom stereocenters. The van der Waals surface area contributed by atoms with Crippen molar-refractivity contribution in [2.45, 2.75) is 17.7 Å². The fraction of sp³-hybridized carbons (Fsp3) is 0.308. The summed E-state index contributed by atoms with van der Waals surface area (Å²) in [5.74, 6) is -0.343. The summed E-state index contributed by atoms with van der Waals surface area (Å²) in [5.41, 5.74) is 0.797. The molecule has 0 aliphatic carbocycles. The fourth-order valence-electron chi connectivity index (χ4n) is 4.73. The Balaban J connectivity index is 1.30. The molecule has 0 bridgehead atoms. The molecule has 2 heterocycles. The molecule has 3 aromatic carbocycles. The molecule has 0 aromatic heterocycles. The van der Waals surface area contributed by atoms with Gasteiger partial charge in [0.25, 0.3) is 11.8 Å². The highest BCUT2D eigenvalue weighted by Crippen LogP contribution is 2.24. The van der Waals surface area contributed by atoms with Crippen LogP contribution in [-0.4, -0.2) is 73.6 Å². The molecule has 0 radical (unpaired) electrons. The number of rotatable bonds is 4. The molecule has 0 unspecified atom stereocenters. The minimum atomic E-state index is -3.67. The van der Waals surface area contributed by atoms with Gasteiger partial charge >= 0.3 is 0 Å². The number of piperazine rings is 1. The van der Waals surface area contributed by atoms with Gasteiger partial charge in [0.05, 0.1) is 16.0 Å². The zero-order chi connectivity index (χ0) is 23.7. The fourth-order valence-corrected chi connectivity index (χ4v) is 6.18. The zero-order valence-electron chi connectivity index (χ0n) is 18.9. The van der Waals surface area contributed by atoms with Crippen LogP contribution in [0.2, 0.25) is 0 Å². The molecule has 2 fully saturated rings. The number of carbonyl (C=O) groups is 2. The van der Waals surface area contributed by atoms with E-state index < -0.39 is 10.0 Å². The molecule has 2 aliphatic heterocycles. The molecule has 34 heavy (non-hydrogen) atoms. The Bertz CT molecular complexity index is 1340. The number of benzene rings is 3. The SMILES string of the molecule is O=C(c1ccccc1C(=O)N1CCN(S(=O)(=O)c2ccc3ccccc3c2)CC1)N1CCCC1. The van der Waals surface area contributed by atoms with Crippen LogP contribution in [-0.2, 0) is 10.0 Å². The minimum Gasteiger partial charge on any atom is -0.339 e. The lowest BCUT2D eigenvalue weighted by Gasteiger charge is -2.34. The second kappa shape index (κ2) is 9.19. The Hall–Kier alpha value is -3.23. The summed E-state index contributed by atoms with van der Waals surface area (Å²) in [6, 6.07) is 19.7. The highest BCUT2D eigenvalue weighted by molar-refractivity contribution is 7.89. The molecular weight excluding hydrogens is 450 g/mol. The summed E-state index contributed by atoms with van der Waals surface area (Å²) in [7, 11) is -3.67. The summed E-state index contributed by atoms with van der Waals surface area (Å²) in [6.07, 6.45) is 1.96. The molecule has 2 saturated heterocycles. The van der Waals surface area contributed by atoms with Crippen molar-refractivity contribution in [1.29, 1.82) is 0 Å². The first-order valence-corrected chi connectivity index (χ1v) is 13.1. The van der Waals surface area contributed by atoms with Crippen molar-refractivity contribution >= 4 is 32.6 Å². The summed E-state index contributed by atoms with van der Waals surface area (Å²) in [6.45, 7) is 2.40. The monoisotopic (exact) mass is 477 g/mol. The third kappa shape index (κ3) is 4.19. The molecule has 0 N–H and O–H groups in total. The number of amides is 2. The quantitative estimate of drug-likeness (QED) is 0.578. The molecule has 8 heteroatoms. The second-order valence-electron chi connectivity index (χ2n) is 8.75. The molecule has 176 valence electrons. The molecule has 7 nitrogen and oxygen atoms in total. The van der Waals surface area contributed by atoms with Crippen molar-refractivity contribution in [3.63, 3.8) is 0 Å². The van der Waals surface area contributed by atoms with E-state index in [9.17, 15) is 18.0 Å². The van der Waals surface area contributed by atoms with E-state index in [4.69, 9.17) is 0 Å². The van der Waals surface area contributed by atoms with Crippen molar-refractivity contribution < 1.29 is 18.0 Å². The van der Waals surface area contributed by atoms with Gasteiger partial charge in [0.2, 0.25) is 10.0 Å². The number of fused-ring (bicyclic) bond motifs is 1. The predicted octanol–water partition coefficient (Wildman–Crippen LogP) is 3.22. The van der Waals surface area contributed by atoms with Crippen LogP contribution in [0, 0.1) is 0 Å². The van der Waals surface area contributed by atoms with E-state index in [2.05, 4.69) is 0 Å². The molecule has 2 amide bonds. The normalized spacial score (nSPS) is 17.3. The molecule has 0 spiro atoms. The first-order valence-electron chi connectivity index (χ1n) is 11.6. The Kier molecular flexibility index (Phi) is 6.10. The van der Waals surface area contributed by atoms with E-state index in [1.807, 2.05) is 30.3 Å². The highest BCUT2D eigenvalue weighted by atomic mass is 32.2. The van der Waals surface area contributed by atoms with Crippen LogP contribution >= 0.6 is 0 Å². The molecule has 3 aromatic rings. The lowest BCUT2D eigenvalue weighted by Crippen LogP contribution is -2.50. The van der Waals surface area contributed by atoms with E-state index in [-0.39, 0.29) is 42.9 Å². The maximum atomic E-state index is 13.3. The van der Waals surface area contributed by atoms with Crippen molar-refractivity contribution in [2.75, 3.05) is 39.3 Å². The third-order valence-corrected chi connectivity index (χ3v) is 8.56. The second-order valence-corrected chi connectivity index (χ2v) is 10.7. The maximum Gasteiger partial charge on any atom is 0.254 e. The summed E-state index contributed by atoms with van der Waals surface area (Å²) in [5, 5.41) is 1.86. The number of likely N-dealkylation sites (tertiary alicyclic amines) is 1. The van der Waals surface area contributed by atoms with Gasteiger partial charge in [-0.05, 0) is 47.9 Å². The van der Waals surface area contributed by atoms with Crippen LogP contribution in [0.5, 0.6) is 0 Å². The molecule has 0 saturated carbocycles. The van der Waals surface area contributed by atoms with Gasteiger partial charge in [-0.25, -0.2) is 8.42 Å². The van der Waals surface area contributed by atoms with E-state index in [0.717, 1.165) is 23.6 Å². The van der Waals surface area contributed by atoms with E-state index in [1.54, 1.807) is 46.2 Å². The van der Waals surface area contributed by atoms with Crippen LogP contribution in [0.15, 0.2) is 71.6 Å². The highest BCUT2D eigenvalue weighted by Gasteiger charge is 2.32. The lowest BCUT2D eigenvalue weighted by atomic mass is 10.0. The lowest BCUT2D eigenvalue weighted by molar-refractivity contribution is 0.0684. The van der Waals surface area contributed by atoms with Crippen molar-refractivity contribution in [3.8, 4) is 0 Å². The predicted molar refractivity (Wildman–Crippen MR) is 130 cm³/mol. The Morgan fingerprint density at radius 1 is 0.618 bits per heavy atom. The average Bonchev–Trinajstić information content (AvgIpc) is 3.43. The topological polar surface area (TPSA) is 78.0 Å². The van der Waals surface area contributed by atoms with E-state index in [1.165, 1.54) is 4.31 Å². The van der Waals surface area contributed by atoms with Crippen LogP contribution < -0.4 is 0 Å². The number of hydrogen-bond acceptors (Lipinski definition) is 4. The Morgan fingerprint density at radius 2 is 1.15 bits per heavy atom. The Morgan fingerprint density at radius 3 is 1.76 bits per heavy atom. The van der Waals surface area contributed by atoms with Gasteiger partial charge in [-0.3, -0.25) is 9.59 Å². The third-order valence-electron chi connectivity index (χ3n) is 6.67. The number of nitrogens with zero attached hydrogens (tertiary/aromatic N) is 3. The van der Waals surface area contributed by atoms with Crippen LogP contribution in [0.4, 0.5) is 0 Å². The molecular formula is C26H27N3O4S. The largest absolute Gasteiger partial charge is 0.339 e. The Labute approximate surface area is 199 Å². The van der Waals surface area contributed by atoms with Gasteiger partial charge in [-0.2, -0.15) is 4.31 Å². The van der Waals surface area contributed by atoms with Gasteiger partial charge in [-0.15, -0.1) is 0 Å². The molecule has 2 aliphatic rings. The van der Waals surface area contributed by atoms with Gasteiger partial charge in [0.1, 0.15) is 0 Å². The average molecular weight is 478 g/mol. The number of carbonyl (C=O) groups excluding carboxylic acids is 2. The summed E-state index contributed by atoms with van der Waals surface area (Å²) >= 11 is 0. The molecule has 5 rings (SSSR count). The minimum absolute atomic E-state index is 0.112. The van der Waals surface area contributed by atoms with Crippen molar-refractivity contribution in [2.24, 2.45) is 0 Å². The van der Waals surface area contributed by atoms with Gasteiger partial charge in [0, 0.05) is 39.3 Å². The van der Waals surface area contributed by atoms with E-state index in [0.29, 0.717) is 24.2 Å². The number of hydrogen-bond donors (Lipinski definition) is 0. The van der Waals surface area contributed by atoms with E-state index >= 15 is 0 Å². The van der Waals surface area contributed by atoms with Crippen LogP contribution in [0.1, 0.15) is 33.6 Å². The van der Waals surface area contributed by atoms with Gasteiger partial charge < -0.3 is 9.80 Å². The van der Waals surface area contributed by atoms with Crippen molar-refractivity contribution in [1.82, 2.24) is 14.1 Å². The van der Waals surface area contributed by atoms with Crippen LogP contribution in [0.25, 0.3) is 10.8 Å². The number of sulfonamides is 1. The smallest absolute Gasteiger partial charge is 0.254 e. The standard InChI is InChI=1S/C26H27N3O4S/c30-25(27-13-5-6-14-27)23-9-3-4-10-24(23)26(31)28-15-17-29(18-16-28)34(32,33)22-12-11-20-7-1-2-8-21(20)19-22/h1-4,7-12,19H,5-6,13-18H2. The first kappa shape index (κ1) is 22.6. The van der Waals surface area contributed by atoms with Crippen molar-refractivity contribution in [3.05, 3.63) is 77.9 Å². The van der Waals surface area contributed by atoms with Gasteiger partial charge in [-0.1, -0.05) is 42.5 Å².